The molecule has 52 valence electrons. The van der Waals surface area contributed by atoms with Crippen LogP contribution in [0.2, 0.25) is 0 Å². The van der Waals surface area contributed by atoms with Crippen LogP contribution in [0.3, 0.4) is 0 Å². The van der Waals surface area contributed by atoms with Gasteiger partial charge in [0.25, 0.3) is 6.26 Å². The van der Waals surface area contributed by atoms with Crippen molar-refractivity contribution in [2.24, 2.45) is 0 Å². The van der Waals surface area contributed by atoms with Crippen LogP contribution in [0.25, 0.3) is 0 Å². The van der Waals surface area contributed by atoms with E-state index >= 15 is 0 Å². The van der Waals surface area contributed by atoms with Crippen molar-refractivity contribution in [1.82, 2.24) is 0 Å². The third kappa shape index (κ3) is 1.47. The molecule has 3 heteroatoms. The van der Waals surface area contributed by atoms with Gasteiger partial charge in [-0.1, -0.05) is 12.1 Å². The minimum atomic E-state index is 0.303. The number of nitriles is 2. The molecule has 0 amide bonds. The van der Waals surface area contributed by atoms with Gasteiger partial charge >= 0.3 is 0 Å². The molecule has 0 atom stereocenters. The lowest BCUT2D eigenvalue weighted by Crippen LogP contribution is -1.85. The molecule has 0 unspecified atom stereocenters. The standard InChI is InChI=1S/C8H4N2O/c9-5-7-3-1-2-4-8(7)11-6-10/h1-4H. The Morgan fingerprint density at radius 2 is 1.91 bits per heavy atom. The topological polar surface area (TPSA) is 56.8 Å². The molecule has 0 fully saturated rings. The Hall–Kier alpha value is -2.00. The zero-order valence-corrected chi connectivity index (χ0v) is 5.61. The number of nitrogens with zero attached hydrogens (tertiary/aromatic N) is 2. The molecule has 1 rings (SSSR count). The lowest BCUT2D eigenvalue weighted by atomic mass is 10.2. The monoisotopic (exact) mass is 144 g/mol. The summed E-state index contributed by atoms with van der Waals surface area (Å²) in [5, 5.41) is 16.7. The number of hydrogen-bond donors (Lipinski definition) is 0. The van der Waals surface area contributed by atoms with Gasteiger partial charge in [0.15, 0.2) is 5.75 Å². The summed E-state index contributed by atoms with van der Waals surface area (Å²) >= 11 is 0. The van der Waals surface area contributed by atoms with Crippen molar-refractivity contribution in [2.45, 2.75) is 0 Å². The maximum atomic E-state index is 8.51. The van der Waals surface area contributed by atoms with Crippen LogP contribution in [-0.4, -0.2) is 0 Å². The normalized spacial score (nSPS) is 7.82. The van der Waals surface area contributed by atoms with E-state index in [1.165, 1.54) is 6.26 Å². The van der Waals surface area contributed by atoms with Crippen LogP contribution >= 0.6 is 0 Å². The molecule has 1 aromatic rings. The Balaban J connectivity index is 3.07. The molecule has 0 spiro atoms. The van der Waals surface area contributed by atoms with Gasteiger partial charge in [0, 0.05) is 0 Å². The van der Waals surface area contributed by atoms with Crippen molar-refractivity contribution in [3.63, 3.8) is 0 Å². The molecule has 3 nitrogen and oxygen atoms in total. The highest BCUT2D eigenvalue weighted by Gasteiger charge is 1.99. The summed E-state index contributed by atoms with van der Waals surface area (Å²) in [4.78, 5) is 0. The van der Waals surface area contributed by atoms with Gasteiger partial charge in [0.1, 0.15) is 6.07 Å². The van der Waals surface area contributed by atoms with Crippen LogP contribution in [-0.2, 0) is 0 Å². The van der Waals surface area contributed by atoms with Crippen LogP contribution in [0.1, 0.15) is 5.56 Å². The Labute approximate surface area is 64.1 Å². The first kappa shape index (κ1) is 7.11. The predicted molar refractivity (Wildman–Crippen MR) is 37.4 cm³/mol. The molecule has 0 saturated carbocycles. The van der Waals surface area contributed by atoms with E-state index in [1.54, 1.807) is 24.3 Å². The second-order valence-electron chi connectivity index (χ2n) is 1.80. The van der Waals surface area contributed by atoms with Gasteiger partial charge in [-0.3, -0.25) is 0 Å². The highest BCUT2D eigenvalue weighted by atomic mass is 16.5. The Bertz CT molecular complexity index is 333. The third-order valence-corrected chi connectivity index (χ3v) is 1.16. The lowest BCUT2D eigenvalue weighted by molar-refractivity contribution is 0.505. The fourth-order valence-corrected chi connectivity index (χ4v) is 0.697. The molecular weight excluding hydrogens is 140 g/mol. The van der Waals surface area contributed by atoms with Crippen LogP contribution in [0.5, 0.6) is 5.75 Å². The van der Waals surface area contributed by atoms with Crippen molar-refractivity contribution in [1.29, 1.82) is 10.5 Å². The summed E-state index contributed by atoms with van der Waals surface area (Å²) in [6.07, 6.45) is 1.51. The smallest absolute Gasteiger partial charge is 0.292 e. The van der Waals surface area contributed by atoms with Crippen LogP contribution in [0.15, 0.2) is 24.3 Å². The number of ether oxygens (including phenoxy) is 1. The highest BCUT2D eigenvalue weighted by molar-refractivity contribution is 5.42. The van der Waals surface area contributed by atoms with Crippen LogP contribution in [0.4, 0.5) is 0 Å². The Morgan fingerprint density at radius 1 is 1.18 bits per heavy atom. The predicted octanol–water partition coefficient (Wildman–Crippen LogP) is 1.42. The molecular formula is C8H4N2O. The largest absolute Gasteiger partial charge is 0.387 e. The fraction of sp³-hybridized carbons (Fsp3) is 0. The summed E-state index contributed by atoms with van der Waals surface area (Å²) in [7, 11) is 0. The van der Waals surface area contributed by atoms with Gasteiger partial charge < -0.3 is 4.74 Å². The van der Waals surface area contributed by atoms with Crippen molar-refractivity contribution in [2.75, 3.05) is 0 Å². The second kappa shape index (κ2) is 3.24. The summed E-state index contributed by atoms with van der Waals surface area (Å²) < 4.78 is 4.51. The van der Waals surface area contributed by atoms with Gasteiger partial charge in [-0.2, -0.15) is 5.26 Å². The maximum absolute atomic E-state index is 8.51. The molecule has 0 aliphatic carbocycles. The van der Waals surface area contributed by atoms with E-state index in [-0.39, 0.29) is 0 Å². The van der Waals surface area contributed by atoms with E-state index in [4.69, 9.17) is 10.5 Å². The van der Waals surface area contributed by atoms with E-state index in [2.05, 4.69) is 4.74 Å². The molecule has 1 aromatic carbocycles. The molecule has 0 N–H and O–H groups in total. The molecule has 0 heterocycles. The number of hydrogen-bond acceptors (Lipinski definition) is 3. The molecule has 11 heavy (non-hydrogen) atoms. The second-order valence-corrected chi connectivity index (χ2v) is 1.80. The van der Waals surface area contributed by atoms with E-state index in [1.807, 2.05) is 6.07 Å². The van der Waals surface area contributed by atoms with Crippen molar-refractivity contribution >= 4 is 0 Å². The molecule has 0 bridgehead atoms. The van der Waals surface area contributed by atoms with Gasteiger partial charge in [0.05, 0.1) is 5.56 Å². The van der Waals surface area contributed by atoms with Gasteiger partial charge in [-0.25, -0.2) is 0 Å². The molecule has 0 saturated heterocycles. The summed E-state index contributed by atoms with van der Waals surface area (Å²) in [5.41, 5.74) is 0.369. The Morgan fingerprint density at radius 3 is 2.55 bits per heavy atom. The van der Waals surface area contributed by atoms with Crippen molar-refractivity contribution in [3.8, 4) is 18.1 Å². The molecule has 0 radical (unpaired) electrons. The van der Waals surface area contributed by atoms with E-state index in [0.29, 0.717) is 11.3 Å². The number of benzene rings is 1. The molecule has 0 aliphatic heterocycles. The van der Waals surface area contributed by atoms with E-state index in [9.17, 15) is 0 Å². The van der Waals surface area contributed by atoms with E-state index in [0.717, 1.165) is 0 Å². The fourth-order valence-electron chi connectivity index (χ4n) is 0.697. The highest BCUT2D eigenvalue weighted by Crippen LogP contribution is 2.15. The number of para-hydroxylation sites is 1. The lowest BCUT2D eigenvalue weighted by Gasteiger charge is -1.95. The maximum Gasteiger partial charge on any atom is 0.292 e. The molecule has 0 aromatic heterocycles. The average molecular weight is 144 g/mol. The first-order chi connectivity index (χ1) is 5.38. The van der Waals surface area contributed by atoms with Gasteiger partial charge in [-0.15, -0.1) is 5.26 Å². The van der Waals surface area contributed by atoms with Crippen molar-refractivity contribution in [3.05, 3.63) is 29.8 Å². The average Bonchev–Trinajstić information content (AvgIpc) is 2.06. The van der Waals surface area contributed by atoms with Crippen molar-refractivity contribution < 1.29 is 4.74 Å². The summed E-state index contributed by atoms with van der Waals surface area (Å²) in [6, 6.07) is 8.48. The van der Waals surface area contributed by atoms with Gasteiger partial charge in [0.2, 0.25) is 0 Å². The summed E-state index contributed by atoms with van der Waals surface area (Å²) in [6.45, 7) is 0. The minimum Gasteiger partial charge on any atom is -0.387 e. The Kier molecular flexibility index (Phi) is 2.09. The molecule has 0 aliphatic rings. The van der Waals surface area contributed by atoms with E-state index < -0.39 is 0 Å². The number of rotatable bonds is 1. The first-order valence-corrected chi connectivity index (χ1v) is 2.93. The summed E-state index contributed by atoms with van der Waals surface area (Å²) in [5.74, 6) is 0.303. The first-order valence-electron chi connectivity index (χ1n) is 2.93. The SMILES string of the molecule is N#COc1ccccc1C#N. The van der Waals surface area contributed by atoms with Crippen LogP contribution in [0, 0.1) is 22.8 Å². The third-order valence-electron chi connectivity index (χ3n) is 1.16. The van der Waals surface area contributed by atoms with Crippen LogP contribution < -0.4 is 4.74 Å². The van der Waals surface area contributed by atoms with Gasteiger partial charge in [-0.05, 0) is 12.1 Å². The zero-order chi connectivity index (χ0) is 8.10. The zero-order valence-electron chi connectivity index (χ0n) is 5.61. The minimum absolute atomic E-state index is 0.303. The quantitative estimate of drug-likeness (QED) is 0.560.